The smallest absolute Gasteiger partial charge is 0.320 e. The van der Waals surface area contributed by atoms with Crippen molar-refractivity contribution in [2.45, 2.75) is 32.7 Å². The summed E-state index contributed by atoms with van der Waals surface area (Å²) in [6, 6.07) is 1.08. The molecule has 0 atom stereocenters. The van der Waals surface area contributed by atoms with Crippen LogP contribution in [-0.2, 0) is 13.6 Å². The minimum Gasteiger partial charge on any atom is -0.400 e. The predicted molar refractivity (Wildman–Crippen MR) is 60.9 cm³/mol. The summed E-state index contributed by atoms with van der Waals surface area (Å²) >= 11 is 0. The zero-order valence-electron chi connectivity index (χ0n) is 9.91. The van der Waals surface area contributed by atoms with Gasteiger partial charge in [-0.05, 0) is 24.8 Å². The first-order valence-corrected chi connectivity index (χ1v) is 7.10. The van der Waals surface area contributed by atoms with Crippen LogP contribution < -0.4 is 0 Å². The molecule has 0 unspecified atom stereocenters. The van der Waals surface area contributed by atoms with Crippen LogP contribution in [0.15, 0.2) is 0 Å². The first-order chi connectivity index (χ1) is 6.70. The minimum absolute atomic E-state index is 0.634. The number of rotatable bonds is 9. The van der Waals surface area contributed by atoms with E-state index in [1.807, 2.05) is 0 Å². The van der Waals surface area contributed by atoms with E-state index in [9.17, 15) is 0 Å². The monoisotopic (exact) mass is 220 g/mol. The molecule has 0 aliphatic rings. The maximum absolute atomic E-state index is 5.48. The van der Waals surface area contributed by atoms with Crippen molar-refractivity contribution in [1.82, 2.24) is 0 Å². The van der Waals surface area contributed by atoms with Gasteiger partial charge in [-0.1, -0.05) is 13.8 Å². The molecule has 3 nitrogen and oxygen atoms in total. The van der Waals surface area contributed by atoms with Crippen molar-refractivity contribution in [3.05, 3.63) is 0 Å². The van der Waals surface area contributed by atoms with E-state index in [-0.39, 0.29) is 0 Å². The van der Waals surface area contributed by atoms with E-state index in [1.54, 1.807) is 14.2 Å². The highest BCUT2D eigenvalue weighted by molar-refractivity contribution is 6.44. The summed E-state index contributed by atoms with van der Waals surface area (Å²) in [6.07, 6.45) is 2.26. The SMILES string of the molecule is CO[SiH](CCCCOCC(C)C)OC. The van der Waals surface area contributed by atoms with Gasteiger partial charge in [0.15, 0.2) is 0 Å². The van der Waals surface area contributed by atoms with Gasteiger partial charge in [-0.3, -0.25) is 0 Å². The standard InChI is InChI=1S/C10H24O3Si/c1-10(2)9-13-7-5-6-8-14(11-3)12-4/h10,14H,5-9H2,1-4H3. The Labute approximate surface area is 89.6 Å². The summed E-state index contributed by atoms with van der Waals surface area (Å²) in [5.41, 5.74) is 0. The van der Waals surface area contributed by atoms with E-state index in [2.05, 4.69) is 13.8 Å². The summed E-state index contributed by atoms with van der Waals surface area (Å²) in [5.74, 6) is 0.634. The van der Waals surface area contributed by atoms with Crippen LogP contribution in [0.25, 0.3) is 0 Å². The van der Waals surface area contributed by atoms with Gasteiger partial charge >= 0.3 is 9.28 Å². The van der Waals surface area contributed by atoms with Crippen molar-refractivity contribution < 1.29 is 13.6 Å². The average molecular weight is 220 g/mol. The van der Waals surface area contributed by atoms with Crippen LogP contribution in [0.1, 0.15) is 26.7 Å². The molecule has 0 amide bonds. The third-order valence-electron chi connectivity index (χ3n) is 1.96. The Kier molecular flexibility index (Phi) is 9.71. The first-order valence-electron chi connectivity index (χ1n) is 5.34. The van der Waals surface area contributed by atoms with E-state index in [4.69, 9.17) is 13.6 Å². The topological polar surface area (TPSA) is 27.7 Å². The van der Waals surface area contributed by atoms with Crippen molar-refractivity contribution in [2.75, 3.05) is 27.4 Å². The van der Waals surface area contributed by atoms with E-state index in [0.29, 0.717) is 5.92 Å². The molecule has 0 radical (unpaired) electrons. The van der Waals surface area contributed by atoms with Crippen LogP contribution in [-0.4, -0.2) is 36.7 Å². The Hall–Kier alpha value is 0.0969. The predicted octanol–water partition coefficient (Wildman–Crippen LogP) is 1.95. The van der Waals surface area contributed by atoms with Crippen LogP contribution >= 0.6 is 0 Å². The summed E-state index contributed by atoms with van der Waals surface area (Å²) in [4.78, 5) is 0. The quantitative estimate of drug-likeness (QED) is 0.439. The molecule has 0 saturated heterocycles. The third-order valence-corrected chi connectivity index (χ3v) is 3.89. The maximum atomic E-state index is 5.48. The largest absolute Gasteiger partial charge is 0.400 e. The molecule has 0 aromatic rings. The van der Waals surface area contributed by atoms with E-state index >= 15 is 0 Å². The molecule has 86 valence electrons. The van der Waals surface area contributed by atoms with Gasteiger partial charge in [-0.25, -0.2) is 0 Å². The Morgan fingerprint density at radius 1 is 1.07 bits per heavy atom. The fraction of sp³-hybridized carbons (Fsp3) is 1.00. The fourth-order valence-electron chi connectivity index (χ4n) is 1.17. The number of unbranched alkanes of at least 4 members (excludes halogenated alkanes) is 1. The van der Waals surface area contributed by atoms with Crippen LogP contribution in [0.2, 0.25) is 6.04 Å². The molecule has 14 heavy (non-hydrogen) atoms. The lowest BCUT2D eigenvalue weighted by atomic mass is 10.2. The average Bonchev–Trinajstić information content (AvgIpc) is 2.16. The first kappa shape index (κ1) is 14.1. The van der Waals surface area contributed by atoms with Crippen molar-refractivity contribution >= 4 is 9.28 Å². The van der Waals surface area contributed by atoms with Gasteiger partial charge in [0.25, 0.3) is 0 Å². The molecule has 0 rings (SSSR count). The second-order valence-corrected chi connectivity index (χ2v) is 6.24. The normalized spacial score (nSPS) is 11.6. The summed E-state index contributed by atoms with van der Waals surface area (Å²) < 4.78 is 15.9. The second kappa shape index (κ2) is 9.64. The number of ether oxygens (including phenoxy) is 1. The zero-order chi connectivity index (χ0) is 10.8. The molecule has 0 fully saturated rings. The van der Waals surface area contributed by atoms with E-state index in [0.717, 1.165) is 32.1 Å². The molecule has 0 bridgehead atoms. The Bertz CT molecular complexity index is 116. The molecular formula is C10H24O3Si. The fourth-order valence-corrected chi connectivity index (χ4v) is 2.45. The van der Waals surface area contributed by atoms with Crippen LogP contribution in [0, 0.1) is 5.92 Å². The minimum atomic E-state index is -1.32. The molecule has 4 heteroatoms. The Balaban J connectivity index is 3.12. The van der Waals surface area contributed by atoms with Gasteiger partial charge < -0.3 is 13.6 Å². The molecule has 0 aliphatic carbocycles. The van der Waals surface area contributed by atoms with Gasteiger partial charge in [-0.15, -0.1) is 0 Å². The highest BCUT2D eigenvalue weighted by Gasteiger charge is 2.07. The van der Waals surface area contributed by atoms with E-state index < -0.39 is 9.28 Å². The van der Waals surface area contributed by atoms with Crippen LogP contribution in [0.5, 0.6) is 0 Å². The van der Waals surface area contributed by atoms with Gasteiger partial charge in [0, 0.05) is 27.4 Å². The van der Waals surface area contributed by atoms with Crippen LogP contribution in [0.4, 0.5) is 0 Å². The lowest BCUT2D eigenvalue weighted by Gasteiger charge is -2.10. The van der Waals surface area contributed by atoms with Gasteiger partial charge in [0.05, 0.1) is 0 Å². The molecule has 0 N–H and O–H groups in total. The number of hydrogen-bond donors (Lipinski definition) is 0. The summed E-state index contributed by atoms with van der Waals surface area (Å²) in [6.45, 7) is 6.07. The Morgan fingerprint density at radius 3 is 2.21 bits per heavy atom. The molecule has 0 spiro atoms. The summed E-state index contributed by atoms with van der Waals surface area (Å²) in [7, 11) is 2.14. The maximum Gasteiger partial charge on any atom is 0.320 e. The highest BCUT2D eigenvalue weighted by atomic mass is 28.3. The molecule has 0 heterocycles. The Morgan fingerprint density at radius 2 is 1.71 bits per heavy atom. The molecule has 0 aliphatic heterocycles. The molecule has 0 aromatic heterocycles. The second-order valence-electron chi connectivity index (χ2n) is 3.87. The lowest BCUT2D eigenvalue weighted by Crippen LogP contribution is -2.18. The van der Waals surface area contributed by atoms with E-state index in [1.165, 1.54) is 0 Å². The van der Waals surface area contributed by atoms with Crippen molar-refractivity contribution in [3.63, 3.8) is 0 Å². The van der Waals surface area contributed by atoms with Crippen LogP contribution in [0.3, 0.4) is 0 Å². The molecular weight excluding hydrogens is 196 g/mol. The third kappa shape index (κ3) is 8.68. The van der Waals surface area contributed by atoms with Gasteiger partial charge in [-0.2, -0.15) is 0 Å². The van der Waals surface area contributed by atoms with Gasteiger partial charge in [0.2, 0.25) is 0 Å². The lowest BCUT2D eigenvalue weighted by molar-refractivity contribution is 0.107. The van der Waals surface area contributed by atoms with Crippen molar-refractivity contribution in [2.24, 2.45) is 5.92 Å². The zero-order valence-corrected chi connectivity index (χ0v) is 11.1. The highest BCUT2D eigenvalue weighted by Crippen LogP contribution is 2.03. The van der Waals surface area contributed by atoms with Gasteiger partial charge in [0.1, 0.15) is 0 Å². The number of hydrogen-bond acceptors (Lipinski definition) is 3. The van der Waals surface area contributed by atoms with Crippen molar-refractivity contribution in [3.8, 4) is 0 Å². The summed E-state index contributed by atoms with van der Waals surface area (Å²) in [5, 5.41) is 0. The molecule has 0 saturated carbocycles. The van der Waals surface area contributed by atoms with Crippen molar-refractivity contribution in [1.29, 1.82) is 0 Å². The molecule has 0 aromatic carbocycles.